The smallest absolute Gasteiger partial charge is 0.365 e. The summed E-state index contributed by atoms with van der Waals surface area (Å²) in [6.45, 7) is 5.10. The molecule has 1 saturated carbocycles. The average Bonchev–Trinajstić information content (AvgIpc) is 3.26. The van der Waals surface area contributed by atoms with E-state index in [9.17, 15) is 26.7 Å². The van der Waals surface area contributed by atoms with E-state index in [0.29, 0.717) is 6.42 Å². The van der Waals surface area contributed by atoms with Crippen LogP contribution in [0.25, 0.3) is 0 Å². The largest absolute Gasteiger partial charge is 0.415 e. The first kappa shape index (κ1) is 25.1. The van der Waals surface area contributed by atoms with E-state index in [1.54, 1.807) is 13.8 Å². The molecule has 0 spiro atoms. The topological polar surface area (TPSA) is 86.8 Å². The number of hydrazine groups is 1. The minimum absolute atomic E-state index is 0.0424. The number of hydrogen-bond donors (Lipinski definition) is 4. The maximum Gasteiger partial charge on any atom is 0.415 e. The number of nitrogens with zero attached hydrogens (tertiary/aromatic N) is 1. The number of halogens is 5. The highest BCUT2D eigenvalue weighted by atomic mass is 19.4. The summed E-state index contributed by atoms with van der Waals surface area (Å²) >= 11 is 0. The quantitative estimate of drug-likeness (QED) is 0.289. The molecular formula is C20H32F5N5O2. The molecule has 0 aromatic heterocycles. The monoisotopic (exact) mass is 469 g/mol. The van der Waals surface area contributed by atoms with E-state index in [-0.39, 0.29) is 49.6 Å². The van der Waals surface area contributed by atoms with Gasteiger partial charge in [-0.15, -0.1) is 0 Å². The van der Waals surface area contributed by atoms with Gasteiger partial charge in [0.2, 0.25) is 5.91 Å². The highest BCUT2D eigenvalue weighted by Gasteiger charge is 2.53. The molecule has 3 rings (SSSR count). The predicted molar refractivity (Wildman–Crippen MR) is 108 cm³/mol. The van der Waals surface area contributed by atoms with Crippen molar-refractivity contribution in [2.75, 3.05) is 0 Å². The normalized spacial score (nSPS) is 38.8. The molecule has 32 heavy (non-hydrogen) atoms. The van der Waals surface area contributed by atoms with Gasteiger partial charge in [0.25, 0.3) is 0 Å². The molecule has 1 aliphatic carbocycles. The lowest BCUT2D eigenvalue weighted by Gasteiger charge is -2.31. The van der Waals surface area contributed by atoms with E-state index < -0.39 is 48.7 Å². The van der Waals surface area contributed by atoms with Crippen LogP contribution in [0.5, 0.6) is 0 Å². The number of amides is 1. The van der Waals surface area contributed by atoms with Crippen molar-refractivity contribution in [1.82, 2.24) is 21.5 Å². The zero-order valence-corrected chi connectivity index (χ0v) is 18.4. The van der Waals surface area contributed by atoms with Crippen LogP contribution < -0.4 is 21.5 Å². The Hall–Kier alpha value is -1.53. The SMILES string of the molecule is CC(C)N/C(=N\C1CC(C2CC(F)CC(F)C2)NN1)NC(=O)C1CC(C)OC1C(F)(F)F. The van der Waals surface area contributed by atoms with Crippen molar-refractivity contribution in [2.24, 2.45) is 16.8 Å². The Labute approximate surface area is 184 Å². The van der Waals surface area contributed by atoms with Crippen molar-refractivity contribution in [3.63, 3.8) is 0 Å². The van der Waals surface area contributed by atoms with Gasteiger partial charge >= 0.3 is 6.18 Å². The van der Waals surface area contributed by atoms with Gasteiger partial charge in [0.15, 0.2) is 12.1 Å². The number of nitrogens with one attached hydrogen (secondary N) is 4. The molecule has 184 valence electrons. The molecule has 7 nitrogen and oxygen atoms in total. The highest BCUT2D eigenvalue weighted by Crippen LogP contribution is 2.37. The summed E-state index contributed by atoms with van der Waals surface area (Å²) in [6, 6.07) is -0.343. The lowest BCUT2D eigenvalue weighted by molar-refractivity contribution is -0.222. The number of alkyl halides is 5. The maximum atomic E-state index is 13.8. The Bertz CT molecular complexity index is 682. The van der Waals surface area contributed by atoms with E-state index in [4.69, 9.17) is 4.74 Å². The van der Waals surface area contributed by atoms with Crippen LogP contribution in [0.1, 0.15) is 52.9 Å². The van der Waals surface area contributed by atoms with Crippen LogP contribution in [0.15, 0.2) is 4.99 Å². The summed E-state index contributed by atoms with van der Waals surface area (Å²) in [5, 5.41) is 5.42. The lowest BCUT2D eigenvalue weighted by atomic mass is 9.81. The molecule has 2 aliphatic heterocycles. The van der Waals surface area contributed by atoms with Gasteiger partial charge in [-0.3, -0.25) is 15.5 Å². The third kappa shape index (κ3) is 6.50. The minimum atomic E-state index is -4.65. The molecule has 2 heterocycles. The van der Waals surface area contributed by atoms with E-state index in [1.165, 1.54) is 6.92 Å². The highest BCUT2D eigenvalue weighted by molar-refractivity contribution is 5.98. The van der Waals surface area contributed by atoms with Gasteiger partial charge < -0.3 is 10.1 Å². The summed E-state index contributed by atoms with van der Waals surface area (Å²) in [4.78, 5) is 17.1. The second-order valence-corrected chi connectivity index (χ2v) is 9.33. The predicted octanol–water partition coefficient (Wildman–Crippen LogP) is 2.48. The molecule has 0 aromatic carbocycles. The standard InChI is InChI=1S/C20H32F5N5O2/c1-9(2)26-19(28-18(31)14-4-10(3)32-17(14)20(23,24)25)27-16-8-15(29-30-16)11-5-12(21)7-13(22)6-11/h9-17,29-30H,4-8H2,1-3H3,(H2,26,27,28,31). The molecule has 4 N–H and O–H groups in total. The van der Waals surface area contributed by atoms with Crippen LogP contribution in [0.4, 0.5) is 22.0 Å². The van der Waals surface area contributed by atoms with Crippen molar-refractivity contribution in [2.45, 2.75) is 102 Å². The minimum Gasteiger partial charge on any atom is -0.365 e. The Balaban J connectivity index is 1.65. The van der Waals surface area contributed by atoms with Gasteiger partial charge in [-0.2, -0.15) is 13.2 Å². The number of carbonyl (C=O) groups excluding carboxylic acids is 1. The lowest BCUT2D eigenvalue weighted by Crippen LogP contribution is -2.50. The van der Waals surface area contributed by atoms with Crippen molar-refractivity contribution < 1.29 is 31.5 Å². The van der Waals surface area contributed by atoms with Gasteiger partial charge in [0.05, 0.1) is 12.0 Å². The third-order valence-electron chi connectivity index (χ3n) is 6.05. The van der Waals surface area contributed by atoms with Crippen LogP contribution in [0.3, 0.4) is 0 Å². The molecule has 3 aliphatic rings. The molecule has 1 amide bonds. The Morgan fingerprint density at radius 1 is 1.06 bits per heavy atom. The van der Waals surface area contributed by atoms with Crippen LogP contribution in [0.2, 0.25) is 0 Å². The van der Waals surface area contributed by atoms with Crippen LogP contribution >= 0.6 is 0 Å². The second-order valence-electron chi connectivity index (χ2n) is 9.33. The van der Waals surface area contributed by atoms with E-state index in [2.05, 4.69) is 26.5 Å². The Morgan fingerprint density at radius 2 is 1.72 bits per heavy atom. The third-order valence-corrected chi connectivity index (χ3v) is 6.05. The van der Waals surface area contributed by atoms with Crippen molar-refractivity contribution in [3.05, 3.63) is 0 Å². The second kappa shape index (κ2) is 10.2. The molecule has 3 fully saturated rings. The van der Waals surface area contributed by atoms with Crippen LogP contribution in [-0.2, 0) is 9.53 Å². The van der Waals surface area contributed by atoms with Gasteiger partial charge in [-0.05, 0) is 46.0 Å². The summed E-state index contributed by atoms with van der Waals surface area (Å²) < 4.78 is 72.3. The number of rotatable bonds is 4. The van der Waals surface area contributed by atoms with E-state index >= 15 is 0 Å². The van der Waals surface area contributed by atoms with Crippen molar-refractivity contribution in [1.29, 1.82) is 0 Å². The fourth-order valence-corrected chi connectivity index (χ4v) is 4.68. The van der Waals surface area contributed by atoms with Crippen molar-refractivity contribution >= 4 is 11.9 Å². The van der Waals surface area contributed by atoms with Gasteiger partial charge in [-0.1, -0.05) is 0 Å². The first-order chi connectivity index (χ1) is 14.9. The number of aliphatic imine (C=N–C) groups is 1. The summed E-state index contributed by atoms with van der Waals surface area (Å²) in [7, 11) is 0. The van der Waals surface area contributed by atoms with Crippen LogP contribution in [-0.4, -0.2) is 60.8 Å². The number of hydrogen-bond acceptors (Lipinski definition) is 5. The molecule has 0 radical (unpaired) electrons. The number of carbonyl (C=O) groups is 1. The fraction of sp³-hybridized carbons (Fsp3) is 0.900. The van der Waals surface area contributed by atoms with E-state index in [1.807, 2.05) is 0 Å². The Morgan fingerprint density at radius 3 is 2.31 bits per heavy atom. The molecule has 0 bridgehead atoms. The zero-order chi connectivity index (χ0) is 23.6. The average molecular weight is 469 g/mol. The summed E-state index contributed by atoms with van der Waals surface area (Å²) in [6.07, 6.45) is -9.54. The van der Waals surface area contributed by atoms with Gasteiger partial charge in [0, 0.05) is 24.9 Å². The van der Waals surface area contributed by atoms with Gasteiger partial charge in [0.1, 0.15) is 18.5 Å². The number of guanidine groups is 1. The first-order valence-electron chi connectivity index (χ1n) is 11.1. The Kier molecular flexibility index (Phi) is 7.97. The molecule has 2 saturated heterocycles. The molecular weight excluding hydrogens is 437 g/mol. The molecule has 7 unspecified atom stereocenters. The molecule has 7 atom stereocenters. The first-order valence-corrected chi connectivity index (χ1v) is 11.1. The van der Waals surface area contributed by atoms with Gasteiger partial charge in [-0.25, -0.2) is 19.2 Å². The maximum absolute atomic E-state index is 13.8. The summed E-state index contributed by atoms with van der Waals surface area (Å²) in [5.74, 6) is -2.35. The zero-order valence-electron chi connectivity index (χ0n) is 18.4. The summed E-state index contributed by atoms with van der Waals surface area (Å²) in [5.41, 5.74) is 5.96. The molecule has 12 heteroatoms. The fourth-order valence-electron chi connectivity index (χ4n) is 4.68. The van der Waals surface area contributed by atoms with Crippen LogP contribution in [0, 0.1) is 11.8 Å². The van der Waals surface area contributed by atoms with E-state index in [0.717, 1.165) is 0 Å². The number of ether oxygens (including phenoxy) is 1. The molecule has 0 aromatic rings. The van der Waals surface area contributed by atoms with Crippen molar-refractivity contribution in [3.8, 4) is 0 Å².